The summed E-state index contributed by atoms with van der Waals surface area (Å²) in [6, 6.07) is 0. The molecule has 0 spiro atoms. The van der Waals surface area contributed by atoms with Crippen LogP contribution in [0.5, 0.6) is 5.88 Å². The largest absolute Gasteiger partial charge is 0.856 e. The third-order valence-electron chi connectivity index (χ3n) is 8.28. The van der Waals surface area contributed by atoms with Crippen molar-refractivity contribution in [3.63, 3.8) is 0 Å². The summed E-state index contributed by atoms with van der Waals surface area (Å²) in [5.41, 5.74) is 4.22. The van der Waals surface area contributed by atoms with Gasteiger partial charge in [0.2, 0.25) is 6.23 Å². The van der Waals surface area contributed by atoms with Gasteiger partial charge in [0.15, 0.2) is 29.2 Å². The lowest BCUT2D eigenvalue weighted by Crippen LogP contribution is -2.46. The fraction of sp³-hybridized carbons (Fsp3) is 0.600. The lowest BCUT2D eigenvalue weighted by atomic mass is 10.1. The van der Waals surface area contributed by atoms with Gasteiger partial charge in [0, 0.05) is 5.88 Å². The molecule has 4 aromatic heterocycles. The molecule has 2 fully saturated rings. The van der Waals surface area contributed by atoms with Gasteiger partial charge in [-0.15, -0.1) is 0 Å². The van der Waals surface area contributed by atoms with E-state index in [4.69, 9.17) is 24.3 Å². The Morgan fingerprint density at radius 2 is 1.56 bits per heavy atom. The number of nitrogens with zero attached hydrogens (tertiary/aromatic N) is 7. The standard InChI is InChI=1S/C25H37N9O21P4/c1-9(2)52-58(44,45)53-18-12(51-24(17(18)37)33-7-27-13-19(33)28-10(3)29-21(13)38)6-49-57(42,43)55-59(46,47)54-56(40,41)48-5-11-15(35)16(36)23(50-11)34-8-32(4)14-20(34)30-25(26)31-22(14)39/h7-9,11-12,15-18,23-24,35-37H,5-6H2,1-4H3,(H7-,26,28,29,30,31,38,39,40,41,42,43,44,45,46,47)/p-4/t11-,12-,15?,16?,17+,18?,23-,24-/m1/s1. The molecule has 0 amide bonds. The third-order valence-corrected chi connectivity index (χ3v) is 13.6. The predicted octanol–water partition coefficient (Wildman–Crippen LogP) is -5.02. The number of fused-ring (bicyclic) bond motifs is 2. The number of aryl methyl sites for hydroxylation is 2. The Labute approximate surface area is 329 Å². The highest BCUT2D eigenvalue weighted by molar-refractivity contribution is 7.65. The van der Waals surface area contributed by atoms with Crippen molar-refractivity contribution in [2.45, 2.75) is 76.0 Å². The summed E-state index contributed by atoms with van der Waals surface area (Å²) in [5, 5.41) is 44.6. The maximum atomic E-state index is 12.6. The number of nitrogens with two attached hydrogens (primary N) is 1. The highest BCUT2D eigenvalue weighted by Crippen LogP contribution is 2.63. The number of nitrogen functional groups attached to an aromatic ring is 1. The summed E-state index contributed by atoms with van der Waals surface area (Å²) < 4.78 is 90.9. The van der Waals surface area contributed by atoms with Crippen molar-refractivity contribution in [2.75, 3.05) is 18.9 Å². The van der Waals surface area contributed by atoms with Crippen LogP contribution in [0.4, 0.5) is 5.95 Å². The van der Waals surface area contributed by atoms with Crippen LogP contribution in [0.2, 0.25) is 0 Å². The van der Waals surface area contributed by atoms with Gasteiger partial charge in [-0.3, -0.25) is 32.2 Å². The van der Waals surface area contributed by atoms with Crippen LogP contribution in [0.1, 0.15) is 32.1 Å². The van der Waals surface area contributed by atoms with Gasteiger partial charge in [0.05, 0.1) is 32.7 Å². The smallest absolute Gasteiger partial charge is 0.309 e. The number of ether oxygens (including phenoxy) is 2. The molecule has 0 aliphatic carbocycles. The minimum Gasteiger partial charge on any atom is -0.856 e. The molecule has 7 unspecified atom stereocenters. The van der Waals surface area contributed by atoms with Crippen LogP contribution in [0.3, 0.4) is 0 Å². The molecule has 6 rings (SSSR count). The molecule has 30 nitrogen and oxygen atoms in total. The first-order valence-electron chi connectivity index (χ1n) is 16.6. The number of H-pyrrole nitrogens is 1. The Morgan fingerprint density at radius 1 is 0.932 bits per heavy atom. The monoisotopic (exact) mass is 919 g/mol. The number of rotatable bonds is 16. The summed E-state index contributed by atoms with van der Waals surface area (Å²) in [5.74, 6) is -1.14. The number of phosphoric ester groups is 3. The Bertz CT molecular complexity index is 2480. The van der Waals surface area contributed by atoms with E-state index in [9.17, 15) is 63.1 Å². The van der Waals surface area contributed by atoms with E-state index in [1.807, 2.05) is 0 Å². The molecule has 2 aliphatic heterocycles. The Hall–Kier alpha value is -3.18. The second-order valence-corrected chi connectivity index (χ2v) is 18.9. The molecular weight excluding hydrogens is 886 g/mol. The highest BCUT2D eigenvalue weighted by atomic mass is 31.3. The Morgan fingerprint density at radius 3 is 2.19 bits per heavy atom. The van der Waals surface area contributed by atoms with Crippen molar-refractivity contribution < 1.29 is 99.0 Å². The first kappa shape index (κ1) is 45.3. The lowest BCUT2D eigenvalue weighted by molar-refractivity contribution is -0.745. The van der Waals surface area contributed by atoms with E-state index >= 15 is 0 Å². The summed E-state index contributed by atoms with van der Waals surface area (Å²) in [6.45, 7) is 1.45. The van der Waals surface area contributed by atoms with Crippen molar-refractivity contribution in [3.8, 4) is 5.88 Å². The molecule has 328 valence electrons. The number of hydrogen-bond donors (Lipinski definition) is 5. The number of nitrogens with one attached hydrogen (secondary N) is 1. The molecule has 4 aromatic rings. The maximum absolute atomic E-state index is 12.6. The predicted molar refractivity (Wildman–Crippen MR) is 177 cm³/mol. The van der Waals surface area contributed by atoms with E-state index in [1.165, 1.54) is 38.7 Å². The van der Waals surface area contributed by atoms with Crippen molar-refractivity contribution in [1.82, 2.24) is 34.1 Å². The van der Waals surface area contributed by atoms with E-state index in [2.05, 4.69) is 42.6 Å². The van der Waals surface area contributed by atoms with Gasteiger partial charge in [0.25, 0.3) is 42.8 Å². The van der Waals surface area contributed by atoms with Crippen molar-refractivity contribution in [2.24, 2.45) is 7.05 Å². The zero-order chi connectivity index (χ0) is 43.6. The van der Waals surface area contributed by atoms with E-state index in [0.29, 0.717) is 0 Å². The molecule has 2 aliphatic rings. The minimum absolute atomic E-state index is 0.0858. The van der Waals surface area contributed by atoms with Crippen molar-refractivity contribution in [1.29, 1.82) is 0 Å². The summed E-state index contributed by atoms with van der Waals surface area (Å²) in [7, 11) is -22.7. The van der Waals surface area contributed by atoms with Crippen LogP contribution in [-0.4, -0.2) is 105 Å². The molecule has 6 N–H and O–H groups in total. The number of aliphatic hydroxyl groups excluding tert-OH is 3. The second kappa shape index (κ2) is 16.6. The zero-order valence-electron chi connectivity index (χ0n) is 30.5. The van der Waals surface area contributed by atoms with Crippen molar-refractivity contribution >= 4 is 59.6 Å². The normalized spacial score (nSPS) is 29.2. The molecule has 0 bridgehead atoms. The number of aliphatic hydroxyl groups is 3. The molecule has 0 radical (unpaired) electrons. The summed E-state index contributed by atoms with van der Waals surface area (Å²) in [4.78, 5) is 80.3. The molecule has 34 heteroatoms. The first-order valence-corrected chi connectivity index (χ1v) is 22.4. The average molecular weight is 919 g/mol. The maximum Gasteiger partial charge on any atom is 0.309 e. The fourth-order valence-corrected chi connectivity index (χ4v) is 10.5. The van der Waals surface area contributed by atoms with Gasteiger partial charge in [0.1, 0.15) is 42.4 Å². The molecular formula is C25H33N9O21P4-4. The van der Waals surface area contributed by atoms with Gasteiger partial charge in [-0.1, -0.05) is 4.98 Å². The molecule has 12 atom stereocenters. The summed E-state index contributed by atoms with van der Waals surface area (Å²) >= 11 is 0. The van der Waals surface area contributed by atoms with Crippen LogP contribution >= 0.6 is 31.3 Å². The molecule has 59 heavy (non-hydrogen) atoms. The average Bonchev–Trinajstić information content (AvgIpc) is 3.80. The quantitative estimate of drug-likeness (QED) is 0.0519. The topological polar surface area (TPSA) is 442 Å². The van der Waals surface area contributed by atoms with Crippen LogP contribution in [-0.2, 0) is 61.5 Å². The first-order chi connectivity index (χ1) is 27.3. The van der Waals surface area contributed by atoms with Crippen molar-refractivity contribution in [3.05, 3.63) is 28.8 Å². The Kier molecular flexibility index (Phi) is 12.8. The van der Waals surface area contributed by atoms with E-state index in [1.54, 1.807) is 0 Å². The van der Waals surface area contributed by atoms with Gasteiger partial charge in [-0.2, -0.15) is 0 Å². The molecule has 0 aromatic carbocycles. The molecule has 6 heterocycles. The van der Waals surface area contributed by atoms with Gasteiger partial charge >= 0.3 is 5.65 Å². The van der Waals surface area contributed by atoms with Crippen LogP contribution in [0, 0.1) is 6.92 Å². The SMILES string of the molecule is Cc1nc2c(ncn2[C@@H]2O[C@H](COP(=O)([O-])OP(=O)([O-])OP(=O)([O-])OC[C@H]3O[C@@H]([n+]4cn(C)c5c([O-])nc(N)nc54)C(O)C3O)C(OP(=O)([O-])OC(C)C)[C@@H]2O)c(=O)[nH]1. The number of aromatic amines is 1. The van der Waals surface area contributed by atoms with E-state index < -0.39 is 117 Å². The molecule has 0 saturated carbocycles. The summed E-state index contributed by atoms with van der Waals surface area (Å²) in [6.07, 6.45) is -13.5. The van der Waals surface area contributed by atoms with Crippen LogP contribution < -0.4 is 40.5 Å². The van der Waals surface area contributed by atoms with Gasteiger partial charge < -0.3 is 78.3 Å². The third kappa shape index (κ3) is 9.98. The number of hydrogen-bond acceptors (Lipinski definition) is 26. The van der Waals surface area contributed by atoms with E-state index in [-0.39, 0.29) is 28.2 Å². The van der Waals surface area contributed by atoms with Gasteiger partial charge in [-0.25, -0.2) is 28.1 Å². The minimum atomic E-state index is -6.50. The number of imidazole rings is 2. The number of aromatic nitrogens is 8. The molecule has 2 saturated heterocycles. The lowest BCUT2D eigenvalue weighted by Gasteiger charge is -2.35. The van der Waals surface area contributed by atoms with Gasteiger partial charge in [-0.05, 0) is 20.8 Å². The second-order valence-electron chi connectivity index (χ2n) is 13.0. The van der Waals surface area contributed by atoms with Crippen LogP contribution in [0.25, 0.3) is 22.3 Å². The number of anilines is 1. The highest BCUT2D eigenvalue weighted by Gasteiger charge is 2.49. The number of phosphoric acid groups is 4. The van der Waals surface area contributed by atoms with E-state index in [0.717, 1.165) is 15.5 Å². The zero-order valence-corrected chi connectivity index (χ0v) is 34.0. The fourth-order valence-electron chi connectivity index (χ4n) is 6.01. The Balaban J connectivity index is 1.11. The van der Waals surface area contributed by atoms with Crippen LogP contribution in [0.15, 0.2) is 17.4 Å².